The molecule has 3 rings (SSSR count). The Balaban J connectivity index is 1.70. The molecule has 0 bridgehead atoms. The van der Waals surface area contributed by atoms with E-state index in [1.807, 2.05) is 0 Å². The smallest absolute Gasteiger partial charge is 0.231 e. The van der Waals surface area contributed by atoms with Gasteiger partial charge in [0.15, 0.2) is 0 Å². The molecule has 0 aliphatic carbocycles. The van der Waals surface area contributed by atoms with Gasteiger partial charge in [0, 0.05) is 13.1 Å². The van der Waals surface area contributed by atoms with E-state index in [0.717, 1.165) is 19.6 Å². The van der Waals surface area contributed by atoms with E-state index in [-0.39, 0.29) is 5.91 Å². The minimum atomic E-state index is -0.207. The molecule has 1 atom stereocenters. The van der Waals surface area contributed by atoms with Gasteiger partial charge in [-0.1, -0.05) is 37.3 Å². The van der Waals surface area contributed by atoms with Crippen molar-refractivity contribution in [3.63, 3.8) is 0 Å². The summed E-state index contributed by atoms with van der Waals surface area (Å²) in [6, 6.07) is 11.0. The van der Waals surface area contributed by atoms with Crippen LogP contribution in [0.3, 0.4) is 0 Å². The van der Waals surface area contributed by atoms with Crippen molar-refractivity contribution in [2.24, 2.45) is 11.1 Å². The Morgan fingerprint density at radius 1 is 1.22 bits per heavy atom. The van der Waals surface area contributed by atoms with Crippen LogP contribution in [0.5, 0.6) is 0 Å². The average Bonchev–Trinajstić information content (AvgIpc) is 2.57. The topological polar surface area (TPSA) is 49.6 Å². The molecule has 4 heteroatoms. The lowest BCUT2D eigenvalue weighted by molar-refractivity contribution is -0.120. The summed E-state index contributed by atoms with van der Waals surface area (Å²) in [4.78, 5) is 16.0. The largest absolute Gasteiger partial charge is 0.369 e. The minimum Gasteiger partial charge on any atom is -0.369 e. The van der Waals surface area contributed by atoms with Crippen molar-refractivity contribution in [2.45, 2.75) is 32.1 Å². The van der Waals surface area contributed by atoms with Gasteiger partial charge in [-0.05, 0) is 55.8 Å². The fraction of sp³-hybridized carbons (Fsp3) is 0.632. The third-order valence-electron chi connectivity index (χ3n) is 5.73. The number of hydrogen-bond acceptors (Lipinski definition) is 3. The number of rotatable bonds is 4. The first-order chi connectivity index (χ1) is 11.1. The number of nitrogens with two attached hydrogens (primary N) is 1. The number of nitrogens with zero attached hydrogens (tertiary/aromatic N) is 2. The first kappa shape index (κ1) is 16.5. The van der Waals surface area contributed by atoms with Crippen molar-refractivity contribution < 1.29 is 4.79 Å². The second kappa shape index (κ2) is 7.02. The van der Waals surface area contributed by atoms with E-state index in [4.69, 9.17) is 5.73 Å². The molecular weight excluding hydrogens is 286 g/mol. The highest BCUT2D eigenvalue weighted by Gasteiger charge is 2.41. The van der Waals surface area contributed by atoms with Crippen molar-refractivity contribution in [1.82, 2.24) is 9.80 Å². The first-order valence-electron chi connectivity index (χ1n) is 8.88. The fourth-order valence-electron chi connectivity index (χ4n) is 4.46. The van der Waals surface area contributed by atoms with Crippen molar-refractivity contribution in [2.75, 3.05) is 39.3 Å². The van der Waals surface area contributed by atoms with Crippen LogP contribution in [0.2, 0.25) is 0 Å². The Kier molecular flexibility index (Phi) is 5.02. The molecule has 2 fully saturated rings. The van der Waals surface area contributed by atoms with Crippen LogP contribution in [-0.4, -0.2) is 55.0 Å². The summed E-state index contributed by atoms with van der Waals surface area (Å²) >= 11 is 0. The molecule has 1 aromatic carbocycles. The maximum atomic E-state index is 11.1. The molecule has 2 aliphatic rings. The van der Waals surface area contributed by atoms with Gasteiger partial charge in [0.2, 0.25) is 5.91 Å². The predicted octanol–water partition coefficient (Wildman–Crippen LogP) is 2.06. The summed E-state index contributed by atoms with van der Waals surface area (Å²) in [5.41, 5.74) is 7.23. The van der Waals surface area contributed by atoms with Crippen molar-refractivity contribution in [3.8, 4) is 0 Å². The van der Waals surface area contributed by atoms with E-state index in [2.05, 4.69) is 47.1 Å². The standard InChI is InChI=1S/C19H29N3O/c1-2-21-13-17(16-6-4-3-5-7-16)12-19(15-21)8-10-22(11-9-19)14-18(20)23/h3-7,17H,2,8-15H2,1H3,(H2,20,23)/t17-/m0/s1. The number of likely N-dealkylation sites (tertiary alicyclic amines) is 2. The molecule has 0 aromatic heterocycles. The second-order valence-corrected chi connectivity index (χ2v) is 7.38. The Bertz CT molecular complexity index is 523. The molecule has 4 nitrogen and oxygen atoms in total. The van der Waals surface area contributed by atoms with Crippen molar-refractivity contribution >= 4 is 5.91 Å². The molecule has 0 unspecified atom stereocenters. The molecule has 1 aromatic rings. The summed E-state index contributed by atoms with van der Waals surface area (Å²) in [5, 5.41) is 0. The van der Waals surface area contributed by atoms with E-state index < -0.39 is 0 Å². The molecule has 2 saturated heterocycles. The van der Waals surface area contributed by atoms with Crippen molar-refractivity contribution in [3.05, 3.63) is 35.9 Å². The fourth-order valence-corrected chi connectivity index (χ4v) is 4.46. The number of primary amides is 1. The highest BCUT2D eigenvalue weighted by atomic mass is 16.1. The van der Waals surface area contributed by atoms with Gasteiger partial charge in [0.25, 0.3) is 0 Å². The summed E-state index contributed by atoms with van der Waals surface area (Å²) in [6.07, 6.45) is 3.64. The number of benzene rings is 1. The zero-order chi connectivity index (χ0) is 16.3. The minimum absolute atomic E-state index is 0.207. The molecule has 2 aliphatic heterocycles. The Hall–Kier alpha value is -1.39. The van der Waals surface area contributed by atoms with Crippen LogP contribution in [0.15, 0.2) is 30.3 Å². The van der Waals surface area contributed by atoms with Crippen LogP contribution >= 0.6 is 0 Å². The van der Waals surface area contributed by atoms with Gasteiger partial charge >= 0.3 is 0 Å². The maximum Gasteiger partial charge on any atom is 0.231 e. The van der Waals surface area contributed by atoms with Gasteiger partial charge in [0.1, 0.15) is 0 Å². The Morgan fingerprint density at radius 2 is 1.91 bits per heavy atom. The Labute approximate surface area is 139 Å². The number of carbonyl (C=O) groups excluding carboxylic acids is 1. The lowest BCUT2D eigenvalue weighted by Crippen LogP contribution is -2.52. The van der Waals surface area contributed by atoms with E-state index >= 15 is 0 Å². The summed E-state index contributed by atoms with van der Waals surface area (Å²) < 4.78 is 0. The van der Waals surface area contributed by atoms with Gasteiger partial charge in [-0.2, -0.15) is 0 Å². The van der Waals surface area contributed by atoms with Crippen LogP contribution in [0, 0.1) is 5.41 Å². The third kappa shape index (κ3) is 3.93. The number of amides is 1. The monoisotopic (exact) mass is 315 g/mol. The number of carbonyl (C=O) groups is 1. The lowest BCUT2D eigenvalue weighted by atomic mass is 9.68. The highest BCUT2D eigenvalue weighted by Crippen LogP contribution is 2.44. The average molecular weight is 315 g/mol. The number of piperidine rings is 2. The summed E-state index contributed by atoms with van der Waals surface area (Å²) in [5.74, 6) is 0.425. The van der Waals surface area contributed by atoms with Crippen LogP contribution in [-0.2, 0) is 4.79 Å². The predicted molar refractivity (Wildman–Crippen MR) is 93.2 cm³/mol. The molecular formula is C19H29N3O. The first-order valence-corrected chi connectivity index (χ1v) is 8.88. The van der Waals surface area contributed by atoms with E-state index in [1.165, 1.54) is 37.9 Å². The quantitative estimate of drug-likeness (QED) is 0.925. The van der Waals surface area contributed by atoms with E-state index in [9.17, 15) is 4.79 Å². The van der Waals surface area contributed by atoms with E-state index in [0.29, 0.717) is 17.9 Å². The zero-order valence-corrected chi connectivity index (χ0v) is 14.2. The van der Waals surface area contributed by atoms with E-state index in [1.54, 1.807) is 0 Å². The summed E-state index contributed by atoms with van der Waals surface area (Å²) in [7, 11) is 0. The molecule has 2 N–H and O–H groups in total. The third-order valence-corrected chi connectivity index (χ3v) is 5.73. The van der Waals surface area contributed by atoms with Crippen molar-refractivity contribution in [1.29, 1.82) is 0 Å². The van der Waals surface area contributed by atoms with Crippen LogP contribution in [0.25, 0.3) is 0 Å². The van der Waals surface area contributed by atoms with Gasteiger partial charge in [0.05, 0.1) is 6.54 Å². The van der Waals surface area contributed by atoms with Crippen LogP contribution in [0.1, 0.15) is 37.7 Å². The van der Waals surface area contributed by atoms with Crippen LogP contribution in [0.4, 0.5) is 0 Å². The van der Waals surface area contributed by atoms with Crippen LogP contribution < -0.4 is 5.73 Å². The highest BCUT2D eigenvalue weighted by molar-refractivity contribution is 5.75. The normalized spacial score (nSPS) is 25.5. The number of hydrogen-bond donors (Lipinski definition) is 1. The second-order valence-electron chi connectivity index (χ2n) is 7.38. The Morgan fingerprint density at radius 3 is 2.52 bits per heavy atom. The molecule has 23 heavy (non-hydrogen) atoms. The lowest BCUT2D eigenvalue weighted by Gasteiger charge is -2.50. The van der Waals surface area contributed by atoms with Gasteiger partial charge in [-0.25, -0.2) is 0 Å². The molecule has 126 valence electrons. The molecule has 1 spiro atoms. The molecule has 0 radical (unpaired) electrons. The van der Waals surface area contributed by atoms with Gasteiger partial charge in [-0.15, -0.1) is 0 Å². The summed E-state index contributed by atoms with van der Waals surface area (Å²) in [6.45, 7) is 8.18. The van der Waals surface area contributed by atoms with Gasteiger partial charge in [-0.3, -0.25) is 9.69 Å². The maximum absolute atomic E-state index is 11.1. The SMILES string of the molecule is CCN1C[C@@H](c2ccccc2)CC2(CCN(CC(N)=O)CC2)C1. The molecule has 2 heterocycles. The zero-order valence-electron chi connectivity index (χ0n) is 14.2. The number of likely N-dealkylation sites (N-methyl/N-ethyl adjacent to an activating group) is 1. The molecule has 1 amide bonds. The molecule has 0 saturated carbocycles. The van der Waals surface area contributed by atoms with Gasteiger partial charge < -0.3 is 10.6 Å².